The summed E-state index contributed by atoms with van der Waals surface area (Å²) in [5, 5.41) is 1.22. The molecule has 8 heteroatoms. The minimum atomic E-state index is -2.97. The number of nitrogens with zero attached hydrogens (tertiary/aromatic N) is 3. The Hall–Kier alpha value is -2.03. The fourth-order valence-corrected chi connectivity index (χ4v) is 8.13. The molecule has 170 valence electrons. The van der Waals surface area contributed by atoms with Gasteiger partial charge in [-0.15, -0.1) is 11.3 Å². The van der Waals surface area contributed by atoms with Gasteiger partial charge in [0.15, 0.2) is 15.6 Å². The molecular formula is C24H29N3O3S2. The number of piperidine rings is 1. The fraction of sp³-hybridized carbons (Fsp3) is 0.500. The minimum absolute atomic E-state index is 0.0499. The Balaban J connectivity index is 1.23. The summed E-state index contributed by atoms with van der Waals surface area (Å²) in [6, 6.07) is 10.2. The van der Waals surface area contributed by atoms with E-state index in [-0.39, 0.29) is 23.3 Å². The zero-order valence-electron chi connectivity index (χ0n) is 18.6. The Kier molecular flexibility index (Phi) is 5.72. The van der Waals surface area contributed by atoms with Crippen molar-refractivity contribution in [2.75, 3.05) is 31.1 Å². The van der Waals surface area contributed by atoms with Crippen LogP contribution in [0.2, 0.25) is 0 Å². The second-order valence-corrected chi connectivity index (χ2v) is 12.5. The first-order valence-corrected chi connectivity index (χ1v) is 13.9. The van der Waals surface area contributed by atoms with E-state index in [0.29, 0.717) is 18.9 Å². The van der Waals surface area contributed by atoms with Gasteiger partial charge in [-0.05, 0) is 64.4 Å². The van der Waals surface area contributed by atoms with Gasteiger partial charge < -0.3 is 4.57 Å². The van der Waals surface area contributed by atoms with Gasteiger partial charge in [-0.25, -0.2) is 13.4 Å². The molecule has 32 heavy (non-hydrogen) atoms. The topological polar surface area (TPSA) is 72.3 Å². The molecular weight excluding hydrogens is 442 g/mol. The summed E-state index contributed by atoms with van der Waals surface area (Å²) in [6.07, 6.45) is 2.67. The number of ketones is 1. The van der Waals surface area contributed by atoms with Gasteiger partial charge in [-0.2, -0.15) is 0 Å². The van der Waals surface area contributed by atoms with Crippen LogP contribution in [0.25, 0.3) is 10.2 Å². The van der Waals surface area contributed by atoms with Crippen LogP contribution in [0.3, 0.4) is 0 Å². The average molecular weight is 472 g/mol. The second kappa shape index (κ2) is 8.39. The lowest BCUT2D eigenvalue weighted by Gasteiger charge is -2.30. The summed E-state index contributed by atoms with van der Waals surface area (Å²) in [4.78, 5) is 20.2. The number of likely N-dealkylation sites (tertiary alicyclic amines) is 1. The third kappa shape index (κ3) is 4.16. The standard InChI is InChI=1S/C24H29N3O3S2/c1-16-13-20(17(2)27(16)19-9-12-32(29,30)15-19)22(28)14-26-10-7-18(8-11-26)24-25-21-5-3-4-6-23(21)31-24/h3-6,13,18-19H,7-12,14-15H2,1-2H3. The number of fused-ring (bicyclic) bond motifs is 1. The average Bonchev–Trinajstić information content (AvgIpc) is 3.43. The predicted octanol–water partition coefficient (Wildman–Crippen LogP) is 4.14. The Morgan fingerprint density at radius 2 is 1.91 bits per heavy atom. The molecule has 2 aromatic heterocycles. The number of sulfone groups is 1. The molecule has 5 rings (SSSR count). The van der Waals surface area contributed by atoms with E-state index in [4.69, 9.17) is 4.98 Å². The third-order valence-corrected chi connectivity index (χ3v) is 9.92. The van der Waals surface area contributed by atoms with Gasteiger partial charge in [0.25, 0.3) is 0 Å². The van der Waals surface area contributed by atoms with Gasteiger partial charge in [-0.3, -0.25) is 9.69 Å². The van der Waals surface area contributed by atoms with E-state index in [2.05, 4.69) is 27.7 Å². The number of para-hydroxylation sites is 1. The Morgan fingerprint density at radius 1 is 1.16 bits per heavy atom. The maximum atomic E-state index is 13.1. The molecule has 0 spiro atoms. The van der Waals surface area contributed by atoms with Crippen LogP contribution in [0, 0.1) is 13.8 Å². The number of rotatable bonds is 5. The van der Waals surface area contributed by atoms with E-state index in [0.717, 1.165) is 48.4 Å². The smallest absolute Gasteiger partial charge is 0.178 e. The van der Waals surface area contributed by atoms with Crippen LogP contribution in [0.15, 0.2) is 30.3 Å². The molecule has 1 unspecified atom stereocenters. The number of carbonyl (C=O) groups is 1. The lowest BCUT2D eigenvalue weighted by atomic mass is 9.97. The number of aromatic nitrogens is 2. The van der Waals surface area contributed by atoms with E-state index in [9.17, 15) is 13.2 Å². The number of carbonyl (C=O) groups excluding carboxylic acids is 1. The molecule has 0 bridgehead atoms. The fourth-order valence-electron chi connectivity index (χ4n) is 5.29. The molecule has 0 N–H and O–H groups in total. The molecule has 0 aliphatic carbocycles. The molecule has 1 atom stereocenters. The Bertz CT molecular complexity index is 1230. The lowest BCUT2D eigenvalue weighted by Crippen LogP contribution is -2.37. The number of Topliss-reactive ketones (excluding diaryl/α,β-unsaturated/α-hetero) is 1. The normalized spacial score (nSPS) is 22.0. The zero-order valence-corrected chi connectivity index (χ0v) is 20.2. The van der Waals surface area contributed by atoms with Crippen molar-refractivity contribution in [2.45, 2.75) is 45.1 Å². The molecule has 0 radical (unpaired) electrons. The SMILES string of the molecule is Cc1cc(C(=O)CN2CCC(c3nc4ccccc4s3)CC2)c(C)n1C1CCS(=O)(=O)C1. The van der Waals surface area contributed by atoms with Crippen molar-refractivity contribution in [3.05, 3.63) is 52.3 Å². The number of hydrogen-bond acceptors (Lipinski definition) is 6. The van der Waals surface area contributed by atoms with Gasteiger partial charge in [0, 0.05) is 28.9 Å². The van der Waals surface area contributed by atoms with Gasteiger partial charge in [0.2, 0.25) is 0 Å². The first kappa shape index (κ1) is 21.8. The molecule has 3 aromatic rings. The van der Waals surface area contributed by atoms with Gasteiger partial charge in [0.05, 0.1) is 33.3 Å². The molecule has 0 amide bonds. The first-order valence-electron chi connectivity index (χ1n) is 11.3. The summed E-state index contributed by atoms with van der Waals surface area (Å²) in [5.74, 6) is 1.01. The largest absolute Gasteiger partial charge is 0.344 e. The molecule has 1 aromatic carbocycles. The third-order valence-electron chi connectivity index (χ3n) is 6.97. The Morgan fingerprint density at radius 3 is 2.59 bits per heavy atom. The van der Waals surface area contributed by atoms with Gasteiger partial charge in [-0.1, -0.05) is 12.1 Å². The molecule has 2 aliphatic rings. The molecule has 6 nitrogen and oxygen atoms in total. The lowest BCUT2D eigenvalue weighted by molar-refractivity contribution is 0.0908. The highest BCUT2D eigenvalue weighted by Gasteiger charge is 2.32. The van der Waals surface area contributed by atoms with Crippen LogP contribution < -0.4 is 0 Å². The van der Waals surface area contributed by atoms with Crippen LogP contribution in [-0.4, -0.2) is 59.8 Å². The van der Waals surface area contributed by atoms with Crippen molar-refractivity contribution in [2.24, 2.45) is 0 Å². The van der Waals surface area contributed by atoms with Crippen molar-refractivity contribution in [1.82, 2.24) is 14.5 Å². The molecule has 2 aliphatic heterocycles. The Labute approximate surface area is 193 Å². The highest BCUT2D eigenvalue weighted by molar-refractivity contribution is 7.91. The monoisotopic (exact) mass is 471 g/mol. The summed E-state index contributed by atoms with van der Waals surface area (Å²) >= 11 is 1.79. The van der Waals surface area contributed by atoms with Gasteiger partial charge >= 0.3 is 0 Å². The molecule has 0 saturated carbocycles. The van der Waals surface area contributed by atoms with Crippen LogP contribution in [0.1, 0.15) is 58.0 Å². The van der Waals surface area contributed by atoms with Crippen LogP contribution in [0.5, 0.6) is 0 Å². The second-order valence-electron chi connectivity index (χ2n) is 9.21. The maximum absolute atomic E-state index is 13.1. The summed E-state index contributed by atoms with van der Waals surface area (Å²) in [7, 11) is -2.97. The van der Waals surface area contributed by atoms with Crippen LogP contribution in [0.4, 0.5) is 0 Å². The zero-order chi connectivity index (χ0) is 22.5. The van der Waals surface area contributed by atoms with E-state index in [1.54, 1.807) is 11.3 Å². The van der Waals surface area contributed by atoms with Crippen molar-refractivity contribution < 1.29 is 13.2 Å². The highest BCUT2D eigenvalue weighted by atomic mass is 32.2. The van der Waals surface area contributed by atoms with Crippen molar-refractivity contribution >= 4 is 37.2 Å². The van der Waals surface area contributed by atoms with E-state index < -0.39 is 9.84 Å². The summed E-state index contributed by atoms with van der Waals surface area (Å²) < 4.78 is 27.2. The summed E-state index contributed by atoms with van der Waals surface area (Å²) in [5.41, 5.74) is 3.69. The van der Waals surface area contributed by atoms with E-state index >= 15 is 0 Å². The number of benzene rings is 1. The number of hydrogen-bond donors (Lipinski definition) is 0. The molecule has 2 fully saturated rings. The minimum Gasteiger partial charge on any atom is -0.344 e. The van der Waals surface area contributed by atoms with Crippen LogP contribution >= 0.6 is 11.3 Å². The first-order chi connectivity index (χ1) is 15.3. The maximum Gasteiger partial charge on any atom is 0.178 e. The van der Waals surface area contributed by atoms with Crippen molar-refractivity contribution in [3.63, 3.8) is 0 Å². The van der Waals surface area contributed by atoms with Crippen LogP contribution in [-0.2, 0) is 9.84 Å². The van der Waals surface area contributed by atoms with Crippen molar-refractivity contribution in [1.29, 1.82) is 0 Å². The predicted molar refractivity (Wildman–Crippen MR) is 129 cm³/mol. The molecule has 4 heterocycles. The molecule has 2 saturated heterocycles. The van der Waals surface area contributed by atoms with Crippen molar-refractivity contribution in [3.8, 4) is 0 Å². The quantitative estimate of drug-likeness (QED) is 0.523. The highest BCUT2D eigenvalue weighted by Crippen LogP contribution is 2.34. The van der Waals surface area contributed by atoms with E-state index in [1.165, 1.54) is 9.71 Å². The van der Waals surface area contributed by atoms with Gasteiger partial charge in [0.1, 0.15) is 0 Å². The number of aryl methyl sites for hydroxylation is 1. The van der Waals surface area contributed by atoms with E-state index in [1.807, 2.05) is 26.0 Å². The summed E-state index contributed by atoms with van der Waals surface area (Å²) in [6.45, 7) is 6.13. The number of thiazole rings is 1.